The highest BCUT2D eigenvalue weighted by Gasteiger charge is 2.27. The van der Waals surface area contributed by atoms with Crippen LogP contribution in [0.3, 0.4) is 0 Å². The Kier molecular flexibility index (Phi) is 5.02. The molecule has 0 bridgehead atoms. The van der Waals surface area contributed by atoms with Gasteiger partial charge in [-0.3, -0.25) is 5.32 Å². The number of nitrogens with one attached hydrogen (secondary N) is 1. The molecule has 0 radical (unpaired) electrons. The standard InChI is InChI=1S/C14H23N5O3/c1-9-6-19(7-10(2)22-9)14(20)17-11-12(18(3)4)15-8-16-13(11)21-5/h8-10H,6-7H2,1-5H3,(H,17,20)/t9-,10+. The second-order valence-corrected chi connectivity index (χ2v) is 5.57. The van der Waals surface area contributed by atoms with E-state index in [1.54, 1.807) is 9.80 Å². The van der Waals surface area contributed by atoms with Gasteiger partial charge in [0, 0.05) is 27.2 Å². The summed E-state index contributed by atoms with van der Waals surface area (Å²) in [5.74, 6) is 0.927. The minimum atomic E-state index is -0.210. The molecule has 2 atom stereocenters. The molecule has 122 valence electrons. The predicted molar refractivity (Wildman–Crippen MR) is 83.5 cm³/mol. The molecule has 1 fully saturated rings. The van der Waals surface area contributed by atoms with Crippen molar-refractivity contribution in [3.05, 3.63) is 6.33 Å². The predicted octanol–water partition coefficient (Wildman–Crippen LogP) is 1.19. The highest BCUT2D eigenvalue weighted by atomic mass is 16.5. The van der Waals surface area contributed by atoms with Gasteiger partial charge >= 0.3 is 6.03 Å². The van der Waals surface area contributed by atoms with Gasteiger partial charge in [0.15, 0.2) is 5.82 Å². The molecule has 0 aromatic carbocycles. The number of amides is 2. The summed E-state index contributed by atoms with van der Waals surface area (Å²) in [4.78, 5) is 24.3. The monoisotopic (exact) mass is 309 g/mol. The molecule has 22 heavy (non-hydrogen) atoms. The average molecular weight is 309 g/mol. The molecule has 0 unspecified atom stereocenters. The minimum Gasteiger partial charge on any atom is -0.479 e. The number of methoxy groups -OCH3 is 1. The number of aromatic nitrogens is 2. The van der Waals surface area contributed by atoms with E-state index in [2.05, 4.69) is 15.3 Å². The minimum absolute atomic E-state index is 0.0109. The third-order valence-corrected chi connectivity index (χ3v) is 3.35. The molecule has 1 N–H and O–H groups in total. The van der Waals surface area contributed by atoms with Crippen molar-refractivity contribution in [2.75, 3.05) is 44.5 Å². The van der Waals surface area contributed by atoms with E-state index in [9.17, 15) is 4.79 Å². The largest absolute Gasteiger partial charge is 0.479 e. The lowest BCUT2D eigenvalue weighted by Gasteiger charge is -2.35. The van der Waals surface area contributed by atoms with Crippen molar-refractivity contribution in [3.63, 3.8) is 0 Å². The lowest BCUT2D eigenvalue weighted by molar-refractivity contribution is -0.0530. The summed E-state index contributed by atoms with van der Waals surface area (Å²) in [6.07, 6.45) is 1.43. The highest BCUT2D eigenvalue weighted by Crippen LogP contribution is 2.30. The Bertz CT molecular complexity index is 527. The van der Waals surface area contributed by atoms with Crippen LogP contribution in [0.2, 0.25) is 0 Å². The van der Waals surface area contributed by atoms with E-state index < -0.39 is 0 Å². The van der Waals surface area contributed by atoms with Crippen LogP contribution in [-0.4, -0.2) is 67.4 Å². The lowest BCUT2D eigenvalue weighted by atomic mass is 10.2. The van der Waals surface area contributed by atoms with Gasteiger partial charge < -0.3 is 19.3 Å². The molecule has 0 spiro atoms. The Morgan fingerprint density at radius 1 is 1.36 bits per heavy atom. The van der Waals surface area contributed by atoms with Crippen LogP contribution in [0.4, 0.5) is 16.3 Å². The normalized spacial score (nSPS) is 21.4. The van der Waals surface area contributed by atoms with Crippen LogP contribution < -0.4 is 15.0 Å². The summed E-state index contributed by atoms with van der Waals surface area (Å²) < 4.78 is 10.9. The summed E-state index contributed by atoms with van der Waals surface area (Å²) in [5, 5.41) is 2.86. The van der Waals surface area contributed by atoms with Crippen molar-refractivity contribution in [2.24, 2.45) is 0 Å². The number of nitrogens with zero attached hydrogens (tertiary/aromatic N) is 4. The summed E-state index contributed by atoms with van der Waals surface area (Å²) >= 11 is 0. The summed E-state index contributed by atoms with van der Waals surface area (Å²) in [7, 11) is 5.20. The van der Waals surface area contributed by atoms with E-state index in [4.69, 9.17) is 9.47 Å². The smallest absolute Gasteiger partial charge is 0.322 e. The molecule has 1 saturated heterocycles. The van der Waals surface area contributed by atoms with E-state index in [1.165, 1.54) is 13.4 Å². The van der Waals surface area contributed by atoms with Gasteiger partial charge in [-0.15, -0.1) is 0 Å². The Balaban J connectivity index is 2.20. The number of hydrogen-bond acceptors (Lipinski definition) is 6. The molecule has 1 aliphatic rings. The average Bonchev–Trinajstić information content (AvgIpc) is 2.46. The van der Waals surface area contributed by atoms with Crippen LogP contribution >= 0.6 is 0 Å². The Morgan fingerprint density at radius 3 is 2.55 bits per heavy atom. The molecular weight excluding hydrogens is 286 g/mol. The fraction of sp³-hybridized carbons (Fsp3) is 0.643. The molecule has 8 heteroatoms. The number of urea groups is 1. The van der Waals surface area contributed by atoms with Gasteiger partial charge in [0.05, 0.1) is 19.3 Å². The van der Waals surface area contributed by atoms with E-state index >= 15 is 0 Å². The van der Waals surface area contributed by atoms with E-state index in [1.807, 2.05) is 27.9 Å². The number of ether oxygens (including phenoxy) is 2. The Labute approximate surface area is 130 Å². The van der Waals surface area contributed by atoms with E-state index in [0.717, 1.165) is 0 Å². The maximum Gasteiger partial charge on any atom is 0.322 e. The molecular formula is C14H23N5O3. The van der Waals surface area contributed by atoms with Crippen molar-refractivity contribution in [1.29, 1.82) is 0 Å². The number of hydrogen-bond donors (Lipinski definition) is 1. The molecule has 8 nitrogen and oxygen atoms in total. The topological polar surface area (TPSA) is 79.8 Å². The molecule has 2 heterocycles. The quantitative estimate of drug-likeness (QED) is 0.903. The zero-order valence-corrected chi connectivity index (χ0v) is 13.7. The van der Waals surface area contributed by atoms with Crippen molar-refractivity contribution in [1.82, 2.24) is 14.9 Å². The van der Waals surface area contributed by atoms with Crippen LogP contribution in [0.5, 0.6) is 5.88 Å². The molecule has 2 rings (SSSR count). The van der Waals surface area contributed by atoms with Gasteiger partial charge in [-0.05, 0) is 13.8 Å². The SMILES string of the molecule is COc1ncnc(N(C)C)c1NC(=O)N1C[C@@H](C)O[C@@H](C)C1. The summed E-state index contributed by atoms with van der Waals surface area (Å²) in [5.41, 5.74) is 0.465. The number of rotatable bonds is 3. The molecule has 0 aliphatic carbocycles. The molecule has 1 aromatic rings. The number of morpholine rings is 1. The second-order valence-electron chi connectivity index (χ2n) is 5.57. The summed E-state index contributed by atoms with van der Waals surface area (Å²) in [6.45, 7) is 4.99. The fourth-order valence-corrected chi connectivity index (χ4v) is 2.49. The van der Waals surface area contributed by atoms with Crippen LogP contribution in [0.15, 0.2) is 6.33 Å². The molecule has 2 amide bonds. The Morgan fingerprint density at radius 2 is 2.00 bits per heavy atom. The number of carbonyl (C=O) groups excluding carboxylic acids is 1. The van der Waals surface area contributed by atoms with Crippen molar-refractivity contribution < 1.29 is 14.3 Å². The zero-order chi connectivity index (χ0) is 16.3. The first-order valence-corrected chi connectivity index (χ1v) is 7.20. The fourth-order valence-electron chi connectivity index (χ4n) is 2.49. The van der Waals surface area contributed by atoms with Crippen LogP contribution in [0, 0.1) is 0 Å². The third kappa shape index (κ3) is 3.56. The summed E-state index contributed by atoms with van der Waals surface area (Å²) in [6, 6.07) is -0.210. The van der Waals surface area contributed by atoms with Gasteiger partial charge in [-0.25, -0.2) is 9.78 Å². The van der Waals surface area contributed by atoms with Crippen molar-refractivity contribution in [2.45, 2.75) is 26.1 Å². The molecule has 0 saturated carbocycles. The van der Waals surface area contributed by atoms with Crippen LogP contribution in [0.1, 0.15) is 13.8 Å². The number of anilines is 2. The first kappa shape index (κ1) is 16.3. The lowest BCUT2D eigenvalue weighted by Crippen LogP contribution is -2.49. The zero-order valence-electron chi connectivity index (χ0n) is 13.7. The third-order valence-electron chi connectivity index (χ3n) is 3.35. The van der Waals surface area contributed by atoms with Crippen LogP contribution in [0.25, 0.3) is 0 Å². The Hall–Kier alpha value is -2.09. The van der Waals surface area contributed by atoms with E-state index in [-0.39, 0.29) is 18.2 Å². The van der Waals surface area contributed by atoms with Gasteiger partial charge in [0.25, 0.3) is 0 Å². The van der Waals surface area contributed by atoms with E-state index in [0.29, 0.717) is 30.5 Å². The molecule has 1 aromatic heterocycles. The highest BCUT2D eigenvalue weighted by molar-refractivity contribution is 5.94. The van der Waals surface area contributed by atoms with Crippen LogP contribution in [-0.2, 0) is 4.74 Å². The molecule has 1 aliphatic heterocycles. The maximum atomic E-state index is 12.5. The van der Waals surface area contributed by atoms with Gasteiger partial charge in [0.2, 0.25) is 5.88 Å². The van der Waals surface area contributed by atoms with Gasteiger partial charge in [0.1, 0.15) is 12.0 Å². The first-order chi connectivity index (χ1) is 10.4. The van der Waals surface area contributed by atoms with Crippen molar-refractivity contribution >= 4 is 17.5 Å². The maximum absolute atomic E-state index is 12.5. The number of carbonyl (C=O) groups is 1. The van der Waals surface area contributed by atoms with Gasteiger partial charge in [-0.2, -0.15) is 4.98 Å². The first-order valence-electron chi connectivity index (χ1n) is 7.20. The second kappa shape index (κ2) is 6.78. The van der Waals surface area contributed by atoms with Gasteiger partial charge in [-0.1, -0.05) is 0 Å². The van der Waals surface area contributed by atoms with Crippen molar-refractivity contribution in [3.8, 4) is 5.88 Å².